The lowest BCUT2D eigenvalue weighted by molar-refractivity contribution is -0.188. The number of aromatic nitrogens is 4. The van der Waals surface area contributed by atoms with Crippen LogP contribution in [0.3, 0.4) is 0 Å². The Hall–Kier alpha value is -3.33. The Balaban J connectivity index is 1.84. The maximum Gasteiger partial charge on any atom is 0.340 e. The first-order chi connectivity index (χ1) is 17.9. The molecule has 0 saturated carbocycles. The van der Waals surface area contributed by atoms with Gasteiger partial charge in [-0.15, -0.1) is 16.4 Å². The number of benzene rings is 3. The van der Waals surface area contributed by atoms with Gasteiger partial charge in [0, 0.05) is 28.8 Å². The molecule has 0 radical (unpaired) electrons. The molecule has 0 unspecified atom stereocenters. The second-order valence-corrected chi connectivity index (χ2v) is 11.9. The van der Waals surface area contributed by atoms with E-state index in [-0.39, 0.29) is 6.42 Å². The van der Waals surface area contributed by atoms with Gasteiger partial charge in [-0.05, 0) is 81.6 Å². The van der Waals surface area contributed by atoms with Gasteiger partial charge in [-0.1, -0.05) is 35.9 Å². The molecule has 0 bridgehead atoms. The highest BCUT2D eigenvalue weighted by atomic mass is 35.5. The predicted molar refractivity (Wildman–Crippen MR) is 153 cm³/mol. The van der Waals surface area contributed by atoms with Crippen LogP contribution in [-0.4, -0.2) is 36.7 Å². The van der Waals surface area contributed by atoms with Crippen LogP contribution < -0.4 is 0 Å². The Morgan fingerprint density at radius 3 is 2.39 bits per heavy atom. The highest BCUT2D eigenvalue weighted by molar-refractivity contribution is 7.22. The van der Waals surface area contributed by atoms with Crippen LogP contribution in [0.4, 0.5) is 0 Å². The smallest absolute Gasteiger partial charge is 0.340 e. The fraction of sp³-hybridized carbons (Fsp3) is 0.310. The van der Waals surface area contributed by atoms with Crippen molar-refractivity contribution in [3.8, 4) is 21.7 Å². The minimum Gasteiger partial charge on any atom is -0.479 e. The number of carboxylic acids is 1. The molecule has 0 fully saturated rings. The molecule has 38 heavy (non-hydrogen) atoms. The minimum atomic E-state index is -1.56. The van der Waals surface area contributed by atoms with E-state index in [9.17, 15) is 9.90 Å². The van der Waals surface area contributed by atoms with Crippen LogP contribution in [0.25, 0.3) is 42.9 Å². The topological polar surface area (TPSA) is 90.1 Å². The van der Waals surface area contributed by atoms with E-state index in [4.69, 9.17) is 21.3 Å². The first-order valence-electron chi connectivity index (χ1n) is 12.4. The average molecular weight is 549 g/mol. The number of thiazole rings is 1. The van der Waals surface area contributed by atoms with Crippen molar-refractivity contribution in [1.82, 2.24) is 20.0 Å². The fourth-order valence-electron chi connectivity index (χ4n) is 5.03. The van der Waals surface area contributed by atoms with Gasteiger partial charge >= 0.3 is 5.97 Å². The molecule has 0 aliphatic heterocycles. The monoisotopic (exact) mass is 548 g/mol. The summed E-state index contributed by atoms with van der Waals surface area (Å²) in [6.45, 7) is 9.42. The number of nitrogens with zero attached hydrogens (tertiary/aromatic N) is 4. The Morgan fingerprint density at radius 2 is 1.76 bits per heavy atom. The zero-order chi connectivity index (χ0) is 27.4. The Bertz CT molecular complexity index is 1680. The summed E-state index contributed by atoms with van der Waals surface area (Å²) >= 11 is 7.76. The van der Waals surface area contributed by atoms with Gasteiger partial charge in [0.05, 0.1) is 21.3 Å². The first-order valence-corrected chi connectivity index (χ1v) is 13.6. The van der Waals surface area contributed by atoms with Crippen molar-refractivity contribution in [2.75, 3.05) is 0 Å². The van der Waals surface area contributed by atoms with E-state index in [2.05, 4.69) is 10.3 Å². The molecule has 5 aromatic rings. The maximum atomic E-state index is 13.0. The van der Waals surface area contributed by atoms with E-state index in [1.807, 2.05) is 90.2 Å². The van der Waals surface area contributed by atoms with E-state index in [0.29, 0.717) is 10.6 Å². The van der Waals surface area contributed by atoms with Crippen molar-refractivity contribution in [3.63, 3.8) is 0 Å². The highest BCUT2D eigenvalue weighted by Crippen LogP contribution is 2.47. The van der Waals surface area contributed by atoms with E-state index in [1.54, 1.807) is 4.68 Å². The van der Waals surface area contributed by atoms with Gasteiger partial charge in [-0.2, -0.15) is 0 Å². The third-order valence-electron chi connectivity index (χ3n) is 6.60. The van der Waals surface area contributed by atoms with Crippen molar-refractivity contribution >= 4 is 50.2 Å². The zero-order valence-electron chi connectivity index (χ0n) is 22.2. The van der Waals surface area contributed by atoms with E-state index in [1.165, 1.54) is 11.3 Å². The van der Waals surface area contributed by atoms with Gasteiger partial charge in [0.2, 0.25) is 0 Å². The molecule has 0 saturated heterocycles. The number of rotatable bonds is 6. The molecule has 2 heterocycles. The van der Waals surface area contributed by atoms with Gasteiger partial charge in [0.25, 0.3) is 0 Å². The quantitative estimate of drug-likeness (QED) is 0.238. The molecule has 0 spiro atoms. The SMILES string of the molecule is CC[C@@](OC(C)(C)C)(C(=O)O)c1c(C)cc2nc(-c3ccc4c(c3)nnn4C)sc2c1-c1ccc(Cl)cc1. The largest absolute Gasteiger partial charge is 0.479 e. The standard InChI is InChI=1S/C29H29ClN4O3S/c1-7-29(27(35)36,37-28(3,4)5)24-16(2)14-21-25(23(24)17-8-11-19(30)12-9-17)38-26(31-21)18-10-13-22-20(15-18)32-33-34(22)6/h8-15H,7H2,1-6H3,(H,35,36)/t29-/m0/s1. The summed E-state index contributed by atoms with van der Waals surface area (Å²) in [4.78, 5) is 18.0. The molecule has 1 atom stereocenters. The van der Waals surface area contributed by atoms with E-state index in [0.717, 1.165) is 48.5 Å². The molecule has 1 N–H and O–H groups in total. The normalized spacial score (nSPS) is 13.8. The second kappa shape index (κ2) is 9.45. The molecule has 3 aromatic carbocycles. The van der Waals surface area contributed by atoms with Gasteiger partial charge in [0.15, 0.2) is 5.60 Å². The number of aryl methyl sites for hydroxylation is 2. The van der Waals surface area contributed by atoms with Crippen LogP contribution >= 0.6 is 22.9 Å². The van der Waals surface area contributed by atoms with Crippen molar-refractivity contribution in [2.45, 2.75) is 52.2 Å². The summed E-state index contributed by atoms with van der Waals surface area (Å²) in [6.07, 6.45) is 0.252. The van der Waals surface area contributed by atoms with Crippen LogP contribution in [0.1, 0.15) is 45.2 Å². The number of ether oxygens (including phenoxy) is 1. The lowest BCUT2D eigenvalue weighted by Gasteiger charge is -2.38. The molecule has 2 aromatic heterocycles. The minimum absolute atomic E-state index is 0.252. The van der Waals surface area contributed by atoms with Crippen LogP contribution in [0.15, 0.2) is 48.5 Å². The summed E-state index contributed by atoms with van der Waals surface area (Å²) < 4.78 is 9.04. The summed E-state index contributed by atoms with van der Waals surface area (Å²) in [5, 5.41) is 20.4. The van der Waals surface area contributed by atoms with Gasteiger partial charge < -0.3 is 9.84 Å². The number of hydrogen-bond donors (Lipinski definition) is 1. The number of carbonyl (C=O) groups is 1. The molecule has 7 nitrogen and oxygen atoms in total. The Labute approximate surface area is 230 Å². The van der Waals surface area contributed by atoms with Gasteiger partial charge in [0.1, 0.15) is 10.5 Å². The van der Waals surface area contributed by atoms with E-state index >= 15 is 0 Å². The second-order valence-electron chi connectivity index (χ2n) is 10.4. The van der Waals surface area contributed by atoms with Crippen LogP contribution in [0.5, 0.6) is 0 Å². The highest BCUT2D eigenvalue weighted by Gasteiger charge is 2.46. The number of aliphatic carboxylic acids is 1. The molecule has 0 amide bonds. The fourth-order valence-corrected chi connectivity index (χ4v) is 6.27. The maximum absolute atomic E-state index is 13.0. The van der Waals surface area contributed by atoms with Gasteiger partial charge in [-0.25, -0.2) is 14.5 Å². The molecule has 5 rings (SSSR count). The first kappa shape index (κ1) is 26.3. The molecular formula is C29H29ClN4O3S. The third kappa shape index (κ3) is 4.46. The molecule has 196 valence electrons. The molecule has 9 heteroatoms. The van der Waals surface area contributed by atoms with Crippen molar-refractivity contribution < 1.29 is 14.6 Å². The number of carboxylic acid groups (broad SMARTS) is 1. The lowest BCUT2D eigenvalue weighted by atomic mass is 9.81. The van der Waals surface area contributed by atoms with Crippen molar-refractivity contribution in [1.29, 1.82) is 0 Å². The average Bonchev–Trinajstić information content (AvgIpc) is 3.45. The number of hydrogen-bond acceptors (Lipinski definition) is 6. The van der Waals surface area contributed by atoms with Crippen LogP contribution in [-0.2, 0) is 22.2 Å². The molecule has 0 aliphatic rings. The Kier molecular flexibility index (Phi) is 6.54. The third-order valence-corrected chi connectivity index (χ3v) is 7.99. The van der Waals surface area contributed by atoms with Crippen molar-refractivity contribution in [2.24, 2.45) is 7.05 Å². The van der Waals surface area contributed by atoms with Crippen LogP contribution in [0.2, 0.25) is 5.02 Å². The summed E-state index contributed by atoms with van der Waals surface area (Å²) in [5.74, 6) is -1.02. The summed E-state index contributed by atoms with van der Waals surface area (Å²) in [7, 11) is 1.86. The zero-order valence-corrected chi connectivity index (χ0v) is 23.7. The van der Waals surface area contributed by atoms with E-state index < -0.39 is 17.2 Å². The number of fused-ring (bicyclic) bond motifs is 2. The molecule has 0 aliphatic carbocycles. The lowest BCUT2D eigenvalue weighted by Crippen LogP contribution is -2.44. The van der Waals surface area contributed by atoms with Gasteiger partial charge in [-0.3, -0.25) is 0 Å². The van der Waals surface area contributed by atoms with Crippen molar-refractivity contribution in [3.05, 3.63) is 64.7 Å². The Morgan fingerprint density at radius 1 is 1.08 bits per heavy atom. The summed E-state index contributed by atoms with van der Waals surface area (Å²) in [6, 6.07) is 15.4. The summed E-state index contributed by atoms with van der Waals surface area (Å²) in [5.41, 5.74) is 4.27. The van der Waals surface area contributed by atoms with Crippen LogP contribution in [0, 0.1) is 6.92 Å². The molecular weight excluding hydrogens is 520 g/mol. The number of halogens is 1. The predicted octanol–water partition coefficient (Wildman–Crippen LogP) is 7.38.